The minimum atomic E-state index is 0.325. The van der Waals surface area contributed by atoms with Crippen molar-refractivity contribution < 1.29 is 4.79 Å². The summed E-state index contributed by atoms with van der Waals surface area (Å²) in [6.45, 7) is 3.64. The van der Waals surface area contributed by atoms with E-state index in [0.717, 1.165) is 51.3 Å². The van der Waals surface area contributed by atoms with Gasteiger partial charge in [-0.05, 0) is 48.4 Å². The molecule has 0 atom stereocenters. The van der Waals surface area contributed by atoms with E-state index in [2.05, 4.69) is 40.2 Å². The average molecular weight is 335 g/mol. The van der Waals surface area contributed by atoms with E-state index in [1.807, 2.05) is 23.2 Å². The first kappa shape index (κ1) is 16.1. The van der Waals surface area contributed by atoms with Gasteiger partial charge in [-0.25, -0.2) is 4.98 Å². The zero-order chi connectivity index (χ0) is 17.1. The third-order valence-electron chi connectivity index (χ3n) is 5.53. The number of rotatable bonds is 3. The molecule has 0 bridgehead atoms. The summed E-state index contributed by atoms with van der Waals surface area (Å²) in [5, 5.41) is 0. The number of nitrogens with zero attached hydrogens (tertiary/aromatic N) is 3. The Bertz CT molecular complexity index is 723. The summed E-state index contributed by atoms with van der Waals surface area (Å²) >= 11 is 0. The highest BCUT2D eigenvalue weighted by molar-refractivity contribution is 5.76. The predicted molar refractivity (Wildman–Crippen MR) is 99.4 cm³/mol. The smallest absolute Gasteiger partial charge is 0.223 e. The van der Waals surface area contributed by atoms with Crippen LogP contribution in [0, 0.1) is 5.92 Å². The molecule has 25 heavy (non-hydrogen) atoms. The lowest BCUT2D eigenvalue weighted by Crippen LogP contribution is -2.39. The van der Waals surface area contributed by atoms with Crippen LogP contribution in [0.3, 0.4) is 0 Å². The van der Waals surface area contributed by atoms with Gasteiger partial charge in [0.25, 0.3) is 0 Å². The fourth-order valence-corrected chi connectivity index (χ4v) is 3.99. The first-order valence-electron chi connectivity index (χ1n) is 9.30. The summed E-state index contributed by atoms with van der Waals surface area (Å²) in [5.74, 6) is 1.88. The Morgan fingerprint density at radius 2 is 1.76 bits per heavy atom. The molecular weight excluding hydrogens is 310 g/mol. The molecule has 3 heterocycles. The Hall–Kier alpha value is -2.36. The molecule has 4 rings (SSSR count). The van der Waals surface area contributed by atoms with Crippen LogP contribution < -0.4 is 4.90 Å². The fourth-order valence-electron chi connectivity index (χ4n) is 3.99. The number of carbonyl (C=O) groups excluding carboxylic acids is 1. The second-order valence-electron chi connectivity index (χ2n) is 7.16. The Balaban J connectivity index is 1.30. The van der Waals surface area contributed by atoms with Gasteiger partial charge in [0.1, 0.15) is 5.82 Å². The van der Waals surface area contributed by atoms with Gasteiger partial charge in [-0.1, -0.05) is 30.3 Å². The van der Waals surface area contributed by atoms with E-state index in [4.69, 9.17) is 0 Å². The monoisotopic (exact) mass is 335 g/mol. The van der Waals surface area contributed by atoms with Crippen molar-refractivity contribution in [2.24, 2.45) is 5.92 Å². The Labute approximate surface area is 149 Å². The number of pyridine rings is 1. The minimum Gasteiger partial charge on any atom is -0.357 e. The number of aromatic nitrogens is 1. The molecule has 2 aromatic rings. The lowest BCUT2D eigenvalue weighted by molar-refractivity contribution is -0.133. The number of benzene rings is 1. The zero-order valence-corrected chi connectivity index (χ0v) is 14.6. The zero-order valence-electron chi connectivity index (χ0n) is 14.6. The van der Waals surface area contributed by atoms with E-state index in [1.165, 1.54) is 11.1 Å². The van der Waals surface area contributed by atoms with Crippen molar-refractivity contribution >= 4 is 11.7 Å². The SMILES string of the molecule is O=C(CC1CCN(c2ccccn2)CC1)N1CCc2ccccc2C1. The van der Waals surface area contributed by atoms with E-state index in [1.54, 1.807) is 0 Å². The van der Waals surface area contributed by atoms with Crippen molar-refractivity contribution in [2.45, 2.75) is 32.2 Å². The molecule has 1 aromatic heterocycles. The molecule has 4 nitrogen and oxygen atoms in total. The van der Waals surface area contributed by atoms with E-state index < -0.39 is 0 Å². The highest BCUT2D eigenvalue weighted by atomic mass is 16.2. The van der Waals surface area contributed by atoms with Crippen LogP contribution in [0.4, 0.5) is 5.82 Å². The van der Waals surface area contributed by atoms with Gasteiger partial charge in [0.2, 0.25) is 5.91 Å². The van der Waals surface area contributed by atoms with E-state index in [9.17, 15) is 4.79 Å². The minimum absolute atomic E-state index is 0.325. The van der Waals surface area contributed by atoms with Gasteiger partial charge in [-0.2, -0.15) is 0 Å². The molecule has 0 aliphatic carbocycles. The first-order chi connectivity index (χ1) is 12.3. The molecule has 0 spiro atoms. The molecule has 0 unspecified atom stereocenters. The molecule has 130 valence electrons. The van der Waals surface area contributed by atoms with Gasteiger partial charge in [-0.15, -0.1) is 0 Å². The van der Waals surface area contributed by atoms with Crippen LogP contribution in [0.1, 0.15) is 30.4 Å². The molecule has 0 radical (unpaired) electrons. The molecule has 2 aliphatic heterocycles. The normalized spacial score (nSPS) is 18.1. The number of piperidine rings is 1. The van der Waals surface area contributed by atoms with Gasteiger partial charge in [-0.3, -0.25) is 4.79 Å². The van der Waals surface area contributed by atoms with E-state index in [0.29, 0.717) is 18.2 Å². The molecule has 1 saturated heterocycles. The lowest BCUT2D eigenvalue weighted by Gasteiger charge is -2.34. The van der Waals surface area contributed by atoms with Gasteiger partial charge in [0.05, 0.1) is 0 Å². The van der Waals surface area contributed by atoms with Crippen LogP contribution in [0.15, 0.2) is 48.7 Å². The van der Waals surface area contributed by atoms with Gasteiger partial charge in [0, 0.05) is 38.8 Å². The average Bonchev–Trinajstić information content (AvgIpc) is 2.69. The predicted octanol–water partition coefficient (Wildman–Crippen LogP) is 3.27. The van der Waals surface area contributed by atoms with Crippen molar-refractivity contribution in [3.05, 3.63) is 59.8 Å². The molecule has 1 fully saturated rings. The number of hydrogen-bond donors (Lipinski definition) is 0. The van der Waals surface area contributed by atoms with Gasteiger partial charge >= 0.3 is 0 Å². The summed E-state index contributed by atoms with van der Waals surface area (Å²) in [5.41, 5.74) is 2.71. The molecule has 0 saturated carbocycles. The van der Waals surface area contributed by atoms with Crippen molar-refractivity contribution in [1.82, 2.24) is 9.88 Å². The number of carbonyl (C=O) groups is 1. The number of anilines is 1. The molecular formula is C21H25N3O. The number of hydrogen-bond acceptors (Lipinski definition) is 3. The van der Waals surface area contributed by atoms with Crippen LogP contribution in [0.5, 0.6) is 0 Å². The number of amides is 1. The summed E-state index contributed by atoms with van der Waals surface area (Å²) < 4.78 is 0. The maximum Gasteiger partial charge on any atom is 0.223 e. The highest BCUT2D eigenvalue weighted by Crippen LogP contribution is 2.26. The van der Waals surface area contributed by atoms with E-state index >= 15 is 0 Å². The first-order valence-corrected chi connectivity index (χ1v) is 9.30. The Kier molecular flexibility index (Phi) is 4.68. The molecule has 1 amide bonds. The van der Waals surface area contributed by atoms with Crippen molar-refractivity contribution in [1.29, 1.82) is 0 Å². The van der Waals surface area contributed by atoms with Crippen molar-refractivity contribution in [3.63, 3.8) is 0 Å². The van der Waals surface area contributed by atoms with Gasteiger partial charge in [0.15, 0.2) is 0 Å². The van der Waals surface area contributed by atoms with Crippen LogP contribution in [0.25, 0.3) is 0 Å². The summed E-state index contributed by atoms with van der Waals surface area (Å²) in [7, 11) is 0. The van der Waals surface area contributed by atoms with Crippen LogP contribution in [-0.4, -0.2) is 35.4 Å². The Morgan fingerprint density at radius 3 is 2.52 bits per heavy atom. The molecule has 2 aliphatic rings. The topological polar surface area (TPSA) is 36.4 Å². The maximum absolute atomic E-state index is 12.7. The highest BCUT2D eigenvalue weighted by Gasteiger charge is 2.26. The number of fused-ring (bicyclic) bond motifs is 1. The Morgan fingerprint density at radius 1 is 1.00 bits per heavy atom. The fraction of sp³-hybridized carbons (Fsp3) is 0.429. The summed E-state index contributed by atoms with van der Waals surface area (Å²) in [6.07, 6.45) is 5.68. The summed E-state index contributed by atoms with van der Waals surface area (Å²) in [4.78, 5) is 21.5. The van der Waals surface area contributed by atoms with Crippen LogP contribution in [-0.2, 0) is 17.8 Å². The maximum atomic E-state index is 12.7. The second kappa shape index (κ2) is 7.26. The largest absolute Gasteiger partial charge is 0.357 e. The van der Waals surface area contributed by atoms with Crippen LogP contribution in [0.2, 0.25) is 0 Å². The van der Waals surface area contributed by atoms with Crippen LogP contribution >= 0.6 is 0 Å². The standard InChI is InChI=1S/C21H25N3O/c25-21(24-14-10-18-5-1-2-6-19(18)16-24)15-17-8-12-23(13-9-17)20-7-3-4-11-22-20/h1-7,11,17H,8-10,12-16H2. The molecule has 4 heteroatoms. The van der Waals surface area contributed by atoms with Crippen molar-refractivity contribution in [2.75, 3.05) is 24.5 Å². The summed E-state index contributed by atoms with van der Waals surface area (Å²) in [6, 6.07) is 14.5. The van der Waals surface area contributed by atoms with Gasteiger partial charge < -0.3 is 9.80 Å². The molecule has 0 N–H and O–H groups in total. The third-order valence-corrected chi connectivity index (χ3v) is 5.53. The van der Waals surface area contributed by atoms with Crippen molar-refractivity contribution in [3.8, 4) is 0 Å². The van der Waals surface area contributed by atoms with E-state index in [-0.39, 0.29) is 0 Å². The second-order valence-corrected chi connectivity index (χ2v) is 7.16. The molecule has 1 aromatic carbocycles. The third kappa shape index (κ3) is 3.68. The lowest BCUT2D eigenvalue weighted by atomic mass is 9.92. The quantitative estimate of drug-likeness (QED) is 0.864.